The summed E-state index contributed by atoms with van der Waals surface area (Å²) in [5.74, 6) is -0.122. The highest BCUT2D eigenvalue weighted by Crippen LogP contribution is 2.13. The van der Waals surface area contributed by atoms with Gasteiger partial charge in [-0.05, 0) is 72.3 Å². The van der Waals surface area contributed by atoms with Gasteiger partial charge in [0.05, 0.1) is 0 Å². The second-order valence-corrected chi connectivity index (χ2v) is 6.87. The van der Waals surface area contributed by atoms with E-state index in [4.69, 9.17) is 0 Å². The summed E-state index contributed by atoms with van der Waals surface area (Å²) in [6, 6.07) is 7.14. The second kappa shape index (κ2) is 10.8. The van der Waals surface area contributed by atoms with Gasteiger partial charge in [0.25, 0.3) is 5.91 Å². The molecule has 0 bridgehead atoms. The zero-order valence-electron chi connectivity index (χ0n) is 16.2. The maximum absolute atomic E-state index is 12.9. The maximum Gasteiger partial charge on any atom is 0.253 e. The summed E-state index contributed by atoms with van der Waals surface area (Å²) in [4.78, 5) is 30.3. The van der Waals surface area contributed by atoms with Crippen LogP contribution in [0, 0.1) is 0 Å². The van der Waals surface area contributed by atoms with Gasteiger partial charge in [-0.3, -0.25) is 9.59 Å². The van der Waals surface area contributed by atoms with Crippen LogP contribution in [0.25, 0.3) is 0 Å². The molecule has 25 heavy (non-hydrogen) atoms. The zero-order chi connectivity index (χ0) is 18.8. The van der Waals surface area contributed by atoms with Crippen molar-refractivity contribution in [3.8, 4) is 0 Å². The molecule has 0 aliphatic rings. The van der Waals surface area contributed by atoms with Crippen molar-refractivity contribution in [3.63, 3.8) is 0 Å². The standard InChI is InChI=1S/C19H32N4O2/c1-16(24)20-18-10-6-9-17(15-18)19(25)23(13-7-11-21(2)3)14-8-12-22(4)5/h6,9-10,15H,7-8,11-14H2,1-5H3,(H,20,24). The van der Waals surface area contributed by atoms with Crippen LogP contribution < -0.4 is 5.32 Å². The third kappa shape index (κ3) is 8.65. The fourth-order valence-electron chi connectivity index (χ4n) is 2.59. The molecule has 0 heterocycles. The van der Waals surface area contributed by atoms with E-state index in [-0.39, 0.29) is 11.8 Å². The van der Waals surface area contributed by atoms with Gasteiger partial charge in [-0.25, -0.2) is 0 Å². The second-order valence-electron chi connectivity index (χ2n) is 6.87. The molecule has 0 aliphatic heterocycles. The summed E-state index contributed by atoms with van der Waals surface area (Å²) >= 11 is 0. The van der Waals surface area contributed by atoms with Crippen LogP contribution in [0.3, 0.4) is 0 Å². The van der Waals surface area contributed by atoms with Gasteiger partial charge in [-0.2, -0.15) is 0 Å². The summed E-state index contributed by atoms with van der Waals surface area (Å²) < 4.78 is 0. The quantitative estimate of drug-likeness (QED) is 0.703. The molecule has 0 unspecified atom stereocenters. The predicted octanol–water partition coefficient (Wildman–Crippen LogP) is 1.99. The van der Waals surface area contributed by atoms with Crippen LogP contribution in [0.2, 0.25) is 0 Å². The van der Waals surface area contributed by atoms with E-state index in [0.29, 0.717) is 11.3 Å². The topological polar surface area (TPSA) is 55.9 Å². The van der Waals surface area contributed by atoms with E-state index in [2.05, 4.69) is 15.1 Å². The minimum absolute atomic E-state index is 0.0183. The number of hydrogen-bond donors (Lipinski definition) is 1. The molecule has 1 rings (SSSR count). The highest BCUT2D eigenvalue weighted by molar-refractivity contribution is 5.96. The molecule has 0 radical (unpaired) electrons. The molecule has 6 nitrogen and oxygen atoms in total. The van der Waals surface area contributed by atoms with Crippen molar-refractivity contribution in [2.75, 3.05) is 59.7 Å². The smallest absolute Gasteiger partial charge is 0.253 e. The predicted molar refractivity (Wildman–Crippen MR) is 103 cm³/mol. The van der Waals surface area contributed by atoms with E-state index < -0.39 is 0 Å². The first-order valence-corrected chi connectivity index (χ1v) is 8.76. The van der Waals surface area contributed by atoms with E-state index in [9.17, 15) is 9.59 Å². The van der Waals surface area contributed by atoms with Crippen molar-refractivity contribution in [1.29, 1.82) is 0 Å². The molecule has 140 valence electrons. The molecular weight excluding hydrogens is 316 g/mol. The van der Waals surface area contributed by atoms with Gasteiger partial charge in [-0.15, -0.1) is 0 Å². The molecule has 1 aromatic carbocycles. The Balaban J connectivity index is 2.79. The van der Waals surface area contributed by atoms with Crippen molar-refractivity contribution in [1.82, 2.24) is 14.7 Å². The summed E-state index contributed by atoms with van der Waals surface area (Å²) in [6.07, 6.45) is 1.87. The van der Waals surface area contributed by atoms with Gasteiger partial charge in [0.15, 0.2) is 0 Å². The Morgan fingerprint density at radius 3 is 1.96 bits per heavy atom. The van der Waals surface area contributed by atoms with Crippen LogP contribution in [0.5, 0.6) is 0 Å². The Morgan fingerprint density at radius 2 is 1.48 bits per heavy atom. The van der Waals surface area contributed by atoms with E-state index in [1.54, 1.807) is 24.3 Å². The van der Waals surface area contributed by atoms with Gasteiger partial charge in [0.1, 0.15) is 0 Å². The van der Waals surface area contributed by atoms with Gasteiger partial charge >= 0.3 is 0 Å². The lowest BCUT2D eigenvalue weighted by Gasteiger charge is -2.24. The SMILES string of the molecule is CC(=O)Nc1cccc(C(=O)N(CCCN(C)C)CCCN(C)C)c1. The van der Waals surface area contributed by atoms with E-state index in [1.165, 1.54) is 6.92 Å². The molecule has 0 aliphatic carbocycles. The highest BCUT2D eigenvalue weighted by Gasteiger charge is 2.16. The number of benzene rings is 1. The molecule has 0 fully saturated rings. The number of carbonyl (C=O) groups is 2. The third-order valence-corrected chi connectivity index (χ3v) is 3.78. The van der Waals surface area contributed by atoms with Crippen LogP contribution >= 0.6 is 0 Å². The third-order valence-electron chi connectivity index (χ3n) is 3.78. The monoisotopic (exact) mass is 348 g/mol. The number of rotatable bonds is 10. The Bertz CT molecular complexity index is 544. The van der Waals surface area contributed by atoms with Gasteiger partial charge in [0.2, 0.25) is 5.91 Å². The lowest BCUT2D eigenvalue weighted by atomic mass is 10.1. The van der Waals surface area contributed by atoms with Crippen LogP contribution in [0.1, 0.15) is 30.1 Å². The van der Waals surface area contributed by atoms with Gasteiger partial charge in [-0.1, -0.05) is 6.07 Å². The van der Waals surface area contributed by atoms with Crippen LogP contribution in [-0.2, 0) is 4.79 Å². The van der Waals surface area contributed by atoms with Gasteiger partial charge in [0, 0.05) is 31.3 Å². The average molecular weight is 348 g/mol. The summed E-state index contributed by atoms with van der Waals surface area (Å²) in [6.45, 7) is 4.82. The number of anilines is 1. The fraction of sp³-hybridized carbons (Fsp3) is 0.579. The minimum atomic E-state index is -0.140. The van der Waals surface area contributed by atoms with Crippen LogP contribution in [0.15, 0.2) is 24.3 Å². The highest BCUT2D eigenvalue weighted by atomic mass is 16.2. The molecule has 0 saturated carbocycles. The molecule has 0 atom stereocenters. The van der Waals surface area contributed by atoms with Crippen LogP contribution in [-0.4, -0.2) is 80.9 Å². The number of hydrogen-bond acceptors (Lipinski definition) is 4. The van der Waals surface area contributed by atoms with E-state index >= 15 is 0 Å². The van der Waals surface area contributed by atoms with E-state index in [0.717, 1.165) is 39.0 Å². The Labute approximate surface area is 151 Å². The first kappa shape index (κ1) is 21.1. The molecule has 0 aromatic heterocycles. The average Bonchev–Trinajstić information content (AvgIpc) is 2.51. The van der Waals surface area contributed by atoms with Crippen molar-refractivity contribution in [3.05, 3.63) is 29.8 Å². The van der Waals surface area contributed by atoms with Crippen molar-refractivity contribution < 1.29 is 9.59 Å². The molecule has 0 saturated heterocycles. The largest absolute Gasteiger partial charge is 0.339 e. The first-order chi connectivity index (χ1) is 11.8. The number of nitrogens with zero attached hydrogens (tertiary/aromatic N) is 3. The molecular formula is C19H32N4O2. The molecule has 1 N–H and O–H groups in total. The lowest BCUT2D eigenvalue weighted by Crippen LogP contribution is -2.35. The molecule has 2 amide bonds. The lowest BCUT2D eigenvalue weighted by molar-refractivity contribution is -0.114. The molecule has 1 aromatic rings. The minimum Gasteiger partial charge on any atom is -0.339 e. The van der Waals surface area contributed by atoms with Crippen molar-refractivity contribution >= 4 is 17.5 Å². The van der Waals surface area contributed by atoms with Crippen LogP contribution in [0.4, 0.5) is 5.69 Å². The zero-order valence-corrected chi connectivity index (χ0v) is 16.2. The number of amides is 2. The Morgan fingerprint density at radius 1 is 0.920 bits per heavy atom. The number of nitrogens with one attached hydrogen (secondary N) is 1. The fourth-order valence-corrected chi connectivity index (χ4v) is 2.59. The first-order valence-electron chi connectivity index (χ1n) is 8.76. The Hall–Kier alpha value is -1.92. The summed E-state index contributed by atoms with van der Waals surface area (Å²) in [5, 5.41) is 2.73. The normalized spacial score (nSPS) is 11.0. The van der Waals surface area contributed by atoms with E-state index in [1.807, 2.05) is 33.1 Å². The van der Waals surface area contributed by atoms with Crippen molar-refractivity contribution in [2.24, 2.45) is 0 Å². The summed E-state index contributed by atoms with van der Waals surface area (Å²) in [7, 11) is 8.15. The van der Waals surface area contributed by atoms with Gasteiger partial charge < -0.3 is 20.0 Å². The maximum atomic E-state index is 12.9. The summed E-state index contributed by atoms with van der Waals surface area (Å²) in [5.41, 5.74) is 1.26. The molecule has 0 spiro atoms. The number of carbonyl (C=O) groups excluding carboxylic acids is 2. The van der Waals surface area contributed by atoms with Crippen molar-refractivity contribution in [2.45, 2.75) is 19.8 Å². The molecule has 6 heteroatoms. The Kier molecular flexibility index (Phi) is 9.16.